The van der Waals surface area contributed by atoms with E-state index < -0.39 is 0 Å². The predicted octanol–water partition coefficient (Wildman–Crippen LogP) is 2.88. The molecule has 0 atom stereocenters. The molecule has 0 aliphatic rings. The van der Waals surface area contributed by atoms with E-state index in [1.54, 1.807) is 31.4 Å². The highest BCUT2D eigenvalue weighted by Crippen LogP contribution is 2.31. The van der Waals surface area contributed by atoms with Crippen molar-refractivity contribution in [3.63, 3.8) is 0 Å². The van der Waals surface area contributed by atoms with Crippen molar-refractivity contribution in [3.05, 3.63) is 66.0 Å². The number of nitrogens with one attached hydrogen (secondary N) is 3. The molecule has 0 aliphatic heterocycles. The van der Waals surface area contributed by atoms with Crippen molar-refractivity contribution < 1.29 is 9.53 Å². The van der Waals surface area contributed by atoms with Gasteiger partial charge >= 0.3 is 0 Å². The molecule has 0 aliphatic carbocycles. The number of benzene rings is 2. The van der Waals surface area contributed by atoms with Crippen LogP contribution in [0.2, 0.25) is 0 Å². The largest absolute Gasteiger partial charge is 0.495 e. The van der Waals surface area contributed by atoms with E-state index in [9.17, 15) is 4.79 Å². The van der Waals surface area contributed by atoms with Crippen molar-refractivity contribution in [2.24, 2.45) is 0 Å². The van der Waals surface area contributed by atoms with Crippen LogP contribution in [-0.4, -0.2) is 23.0 Å². The van der Waals surface area contributed by atoms with Gasteiger partial charge in [0.1, 0.15) is 17.8 Å². The van der Waals surface area contributed by atoms with E-state index in [1.165, 1.54) is 6.33 Å². The standard InChI is InChI=1S/C19H20N6O2/c1-12-8-9-15(27-2)14(10-12)23-17-16(20)18(22-11-21-17)24-25-19(26)13-6-4-3-5-7-13/h3-11H,20H2,1-2H3,(H,25,26)(H2,21,22,23,24). The molecule has 8 nitrogen and oxygen atoms in total. The zero-order valence-corrected chi connectivity index (χ0v) is 15.0. The Kier molecular flexibility index (Phi) is 5.36. The number of amides is 1. The Bertz CT molecular complexity index is 946. The summed E-state index contributed by atoms with van der Waals surface area (Å²) < 4.78 is 5.35. The predicted molar refractivity (Wildman–Crippen MR) is 105 cm³/mol. The Morgan fingerprint density at radius 1 is 1.07 bits per heavy atom. The number of aryl methyl sites for hydroxylation is 1. The van der Waals surface area contributed by atoms with Crippen LogP contribution in [0.3, 0.4) is 0 Å². The zero-order chi connectivity index (χ0) is 19.2. The fourth-order valence-corrected chi connectivity index (χ4v) is 2.42. The second-order valence-electron chi connectivity index (χ2n) is 5.76. The summed E-state index contributed by atoms with van der Waals surface area (Å²) in [7, 11) is 1.59. The topological polar surface area (TPSA) is 114 Å². The molecule has 0 radical (unpaired) electrons. The molecule has 3 aromatic rings. The number of ether oxygens (including phenoxy) is 1. The second kappa shape index (κ2) is 8.05. The van der Waals surface area contributed by atoms with Crippen molar-refractivity contribution >= 4 is 28.9 Å². The second-order valence-corrected chi connectivity index (χ2v) is 5.76. The average Bonchev–Trinajstić information content (AvgIpc) is 2.69. The van der Waals surface area contributed by atoms with E-state index in [-0.39, 0.29) is 17.4 Å². The summed E-state index contributed by atoms with van der Waals surface area (Å²) in [5, 5.41) is 3.14. The lowest BCUT2D eigenvalue weighted by atomic mass is 10.2. The van der Waals surface area contributed by atoms with Gasteiger partial charge in [0.15, 0.2) is 11.6 Å². The zero-order valence-electron chi connectivity index (χ0n) is 15.0. The maximum atomic E-state index is 12.1. The van der Waals surface area contributed by atoms with E-state index in [0.29, 0.717) is 17.1 Å². The summed E-state index contributed by atoms with van der Waals surface area (Å²) in [6.45, 7) is 1.97. The highest BCUT2D eigenvalue weighted by atomic mass is 16.5. The quantitative estimate of drug-likeness (QED) is 0.497. The van der Waals surface area contributed by atoms with Gasteiger partial charge in [0.25, 0.3) is 5.91 Å². The summed E-state index contributed by atoms with van der Waals surface area (Å²) in [6, 6.07) is 14.5. The lowest BCUT2D eigenvalue weighted by Gasteiger charge is -2.15. The van der Waals surface area contributed by atoms with E-state index in [1.807, 2.05) is 31.2 Å². The molecule has 3 rings (SSSR count). The fraction of sp³-hybridized carbons (Fsp3) is 0.105. The minimum Gasteiger partial charge on any atom is -0.495 e. The van der Waals surface area contributed by atoms with Gasteiger partial charge in [-0.05, 0) is 36.8 Å². The van der Waals surface area contributed by atoms with Crippen LogP contribution in [0, 0.1) is 6.92 Å². The fourth-order valence-electron chi connectivity index (χ4n) is 2.42. The van der Waals surface area contributed by atoms with Crippen LogP contribution in [0.1, 0.15) is 15.9 Å². The summed E-state index contributed by atoms with van der Waals surface area (Å²) in [4.78, 5) is 20.4. The normalized spacial score (nSPS) is 10.1. The monoisotopic (exact) mass is 364 g/mol. The van der Waals surface area contributed by atoms with Crippen molar-refractivity contribution in [3.8, 4) is 5.75 Å². The average molecular weight is 364 g/mol. The van der Waals surface area contributed by atoms with Crippen molar-refractivity contribution in [2.45, 2.75) is 6.92 Å². The summed E-state index contributed by atoms with van der Waals surface area (Å²) in [6.07, 6.45) is 1.35. The van der Waals surface area contributed by atoms with Gasteiger partial charge in [-0.2, -0.15) is 0 Å². The van der Waals surface area contributed by atoms with Gasteiger partial charge in [0, 0.05) is 5.56 Å². The van der Waals surface area contributed by atoms with Gasteiger partial charge in [-0.3, -0.25) is 15.6 Å². The van der Waals surface area contributed by atoms with Crippen molar-refractivity contribution in [1.82, 2.24) is 15.4 Å². The molecule has 2 aromatic carbocycles. The van der Waals surface area contributed by atoms with E-state index in [4.69, 9.17) is 10.5 Å². The number of nitrogens with zero attached hydrogens (tertiary/aromatic N) is 2. The molecule has 0 bridgehead atoms. The number of nitrogens with two attached hydrogens (primary N) is 1. The van der Waals surface area contributed by atoms with Gasteiger partial charge in [-0.1, -0.05) is 24.3 Å². The van der Waals surface area contributed by atoms with E-state index in [0.717, 1.165) is 11.3 Å². The number of nitrogen functional groups attached to an aromatic ring is 1. The lowest BCUT2D eigenvalue weighted by molar-refractivity contribution is 0.0962. The van der Waals surface area contributed by atoms with Gasteiger partial charge in [-0.25, -0.2) is 9.97 Å². The molecule has 1 amide bonds. The van der Waals surface area contributed by atoms with Crippen LogP contribution < -0.4 is 26.6 Å². The summed E-state index contributed by atoms with van der Waals surface area (Å²) in [5.74, 6) is 1.03. The summed E-state index contributed by atoms with van der Waals surface area (Å²) >= 11 is 0. The molecule has 0 spiro atoms. The molecular formula is C19H20N6O2. The molecule has 27 heavy (non-hydrogen) atoms. The SMILES string of the molecule is COc1ccc(C)cc1Nc1ncnc(NNC(=O)c2ccccc2)c1N. The third-order valence-electron chi connectivity index (χ3n) is 3.82. The highest BCUT2D eigenvalue weighted by Gasteiger charge is 2.12. The lowest BCUT2D eigenvalue weighted by Crippen LogP contribution is -2.30. The minimum absolute atomic E-state index is 0.259. The van der Waals surface area contributed by atoms with E-state index >= 15 is 0 Å². The number of hydrogen-bond acceptors (Lipinski definition) is 7. The number of carbonyl (C=O) groups is 1. The van der Waals surface area contributed by atoms with Gasteiger partial charge in [0.2, 0.25) is 0 Å². The Labute approximate surface area is 156 Å². The first kappa shape index (κ1) is 18.0. The van der Waals surface area contributed by atoms with Crippen LogP contribution in [0.25, 0.3) is 0 Å². The van der Waals surface area contributed by atoms with Gasteiger partial charge in [-0.15, -0.1) is 0 Å². The van der Waals surface area contributed by atoms with Gasteiger partial charge in [0.05, 0.1) is 12.8 Å². The molecular weight excluding hydrogens is 344 g/mol. The van der Waals surface area contributed by atoms with Crippen molar-refractivity contribution in [2.75, 3.05) is 23.6 Å². The molecule has 1 aromatic heterocycles. The van der Waals surface area contributed by atoms with Crippen LogP contribution in [-0.2, 0) is 0 Å². The number of rotatable bonds is 6. The highest BCUT2D eigenvalue weighted by molar-refractivity contribution is 5.95. The third kappa shape index (κ3) is 4.24. The molecule has 5 N–H and O–H groups in total. The Hall–Kier alpha value is -3.81. The number of methoxy groups -OCH3 is 1. The summed E-state index contributed by atoms with van der Waals surface area (Å²) in [5.41, 5.74) is 14.0. The smallest absolute Gasteiger partial charge is 0.269 e. The van der Waals surface area contributed by atoms with Crippen LogP contribution in [0.15, 0.2) is 54.9 Å². The maximum absolute atomic E-state index is 12.1. The molecule has 138 valence electrons. The molecule has 8 heteroatoms. The number of hydrazine groups is 1. The van der Waals surface area contributed by atoms with Crippen LogP contribution >= 0.6 is 0 Å². The van der Waals surface area contributed by atoms with Crippen molar-refractivity contribution in [1.29, 1.82) is 0 Å². The minimum atomic E-state index is -0.302. The molecule has 0 saturated heterocycles. The molecule has 0 fully saturated rings. The van der Waals surface area contributed by atoms with Crippen LogP contribution in [0.4, 0.5) is 23.0 Å². The Morgan fingerprint density at radius 3 is 2.56 bits per heavy atom. The van der Waals surface area contributed by atoms with Crippen LogP contribution in [0.5, 0.6) is 5.75 Å². The number of aromatic nitrogens is 2. The van der Waals surface area contributed by atoms with Gasteiger partial charge < -0.3 is 15.8 Å². The first-order chi connectivity index (χ1) is 13.1. The molecule has 0 saturated carbocycles. The van der Waals surface area contributed by atoms with E-state index in [2.05, 4.69) is 26.1 Å². The molecule has 0 unspecified atom stereocenters. The number of hydrogen-bond donors (Lipinski definition) is 4. The number of anilines is 4. The Balaban J connectivity index is 1.76. The first-order valence-corrected chi connectivity index (χ1v) is 8.22. The maximum Gasteiger partial charge on any atom is 0.269 e. The Morgan fingerprint density at radius 2 is 1.81 bits per heavy atom. The third-order valence-corrected chi connectivity index (χ3v) is 3.82. The number of carbonyl (C=O) groups excluding carboxylic acids is 1. The molecule has 1 heterocycles. The first-order valence-electron chi connectivity index (χ1n) is 8.22.